The summed E-state index contributed by atoms with van der Waals surface area (Å²) in [6.45, 7) is 17.4. The second kappa shape index (κ2) is 4.95. The van der Waals surface area contributed by atoms with Crippen molar-refractivity contribution in [2.45, 2.75) is 51.9 Å². The third-order valence-corrected chi connectivity index (χ3v) is 8.30. The van der Waals surface area contributed by atoms with Crippen molar-refractivity contribution in [2.24, 2.45) is 0 Å². The van der Waals surface area contributed by atoms with Gasteiger partial charge in [-0.1, -0.05) is 43.3 Å². The van der Waals surface area contributed by atoms with Gasteiger partial charge in [-0.15, -0.1) is 0 Å². The molecule has 1 atom stereocenters. The smallest absolute Gasteiger partial charge is 0.192 e. The van der Waals surface area contributed by atoms with Crippen molar-refractivity contribution in [1.29, 1.82) is 0 Å². The molecule has 3 heteroatoms. The third-order valence-electron chi connectivity index (χ3n) is 3.02. The van der Waals surface area contributed by atoms with Gasteiger partial charge in [0, 0.05) is 5.33 Å². The van der Waals surface area contributed by atoms with Gasteiger partial charge in [0.2, 0.25) is 0 Å². The fourth-order valence-corrected chi connectivity index (χ4v) is 2.67. The van der Waals surface area contributed by atoms with Crippen LogP contribution < -0.4 is 0 Å². The highest BCUT2D eigenvalue weighted by Gasteiger charge is 2.38. The number of alkyl halides is 1. The van der Waals surface area contributed by atoms with Crippen LogP contribution in [0, 0.1) is 0 Å². The molecule has 1 unspecified atom stereocenters. The summed E-state index contributed by atoms with van der Waals surface area (Å²) in [5.41, 5.74) is 1.12. The molecular weight excluding hydrogens is 256 g/mol. The summed E-state index contributed by atoms with van der Waals surface area (Å²) in [4.78, 5) is 0. The summed E-state index contributed by atoms with van der Waals surface area (Å²) in [7, 11) is -1.63. The average Bonchev–Trinajstić information content (AvgIpc) is 2.00. The van der Waals surface area contributed by atoms with Crippen LogP contribution in [0.5, 0.6) is 0 Å². The van der Waals surface area contributed by atoms with Crippen molar-refractivity contribution in [1.82, 2.24) is 0 Å². The van der Waals surface area contributed by atoms with Gasteiger partial charge < -0.3 is 4.43 Å². The van der Waals surface area contributed by atoms with Gasteiger partial charge in [-0.2, -0.15) is 0 Å². The van der Waals surface area contributed by atoms with Crippen LogP contribution in [0.1, 0.15) is 27.7 Å². The van der Waals surface area contributed by atoms with E-state index in [0.717, 1.165) is 10.9 Å². The maximum Gasteiger partial charge on any atom is 0.192 e. The lowest BCUT2D eigenvalue weighted by Gasteiger charge is -2.38. The minimum atomic E-state index is -1.63. The second-order valence-electron chi connectivity index (χ2n) is 5.31. The van der Waals surface area contributed by atoms with Gasteiger partial charge in [-0.25, -0.2) is 0 Å². The van der Waals surface area contributed by atoms with Crippen molar-refractivity contribution in [3.8, 4) is 0 Å². The Labute approximate surface area is 98.2 Å². The fraction of sp³-hybridized carbons (Fsp3) is 0.818. The van der Waals surface area contributed by atoms with Gasteiger partial charge in [0.15, 0.2) is 8.32 Å². The van der Waals surface area contributed by atoms with E-state index in [1.54, 1.807) is 0 Å². The van der Waals surface area contributed by atoms with Gasteiger partial charge in [-0.3, -0.25) is 0 Å². The van der Waals surface area contributed by atoms with E-state index in [-0.39, 0.29) is 11.1 Å². The van der Waals surface area contributed by atoms with Crippen LogP contribution in [0.2, 0.25) is 18.1 Å². The molecule has 0 amide bonds. The fourth-order valence-electron chi connectivity index (χ4n) is 0.811. The third kappa shape index (κ3) is 3.87. The zero-order chi connectivity index (χ0) is 11.6. The van der Waals surface area contributed by atoms with Crippen LogP contribution in [0.25, 0.3) is 0 Å². The Balaban J connectivity index is 4.44. The first-order valence-corrected chi connectivity index (χ1v) is 9.06. The monoisotopic (exact) mass is 278 g/mol. The van der Waals surface area contributed by atoms with Gasteiger partial charge in [0.25, 0.3) is 0 Å². The summed E-state index contributed by atoms with van der Waals surface area (Å²) in [6.07, 6.45) is 0.162. The van der Waals surface area contributed by atoms with Crippen LogP contribution in [0.4, 0.5) is 0 Å². The molecule has 0 saturated carbocycles. The van der Waals surface area contributed by atoms with Gasteiger partial charge in [0.05, 0.1) is 6.10 Å². The lowest BCUT2D eigenvalue weighted by Crippen LogP contribution is -2.43. The molecule has 0 aliphatic rings. The summed E-state index contributed by atoms with van der Waals surface area (Å²) in [6, 6.07) is 0. The first kappa shape index (κ1) is 14.4. The molecule has 0 spiro atoms. The molecule has 0 aromatic carbocycles. The highest BCUT2D eigenvalue weighted by molar-refractivity contribution is 9.09. The van der Waals surface area contributed by atoms with E-state index >= 15 is 0 Å². The van der Waals surface area contributed by atoms with Crippen LogP contribution in [-0.4, -0.2) is 19.8 Å². The molecule has 0 heterocycles. The minimum absolute atomic E-state index is 0.162. The van der Waals surface area contributed by atoms with Gasteiger partial charge >= 0.3 is 0 Å². The van der Waals surface area contributed by atoms with Crippen LogP contribution in [0.15, 0.2) is 12.2 Å². The van der Waals surface area contributed by atoms with Gasteiger partial charge in [-0.05, 0) is 30.6 Å². The minimum Gasteiger partial charge on any atom is -0.411 e. The first-order chi connectivity index (χ1) is 6.12. The average molecular weight is 279 g/mol. The quantitative estimate of drug-likeness (QED) is 0.422. The Morgan fingerprint density at radius 1 is 1.43 bits per heavy atom. The predicted octanol–water partition coefficient (Wildman–Crippen LogP) is 4.35. The lowest BCUT2D eigenvalue weighted by atomic mass is 10.2. The summed E-state index contributed by atoms with van der Waals surface area (Å²) in [5.74, 6) is 0. The molecule has 0 bridgehead atoms. The number of hydrogen-bond donors (Lipinski definition) is 0. The van der Waals surface area contributed by atoms with E-state index in [2.05, 4.69) is 63.3 Å². The molecule has 0 aromatic rings. The molecule has 0 N–H and O–H groups in total. The first-order valence-electron chi connectivity index (χ1n) is 5.03. The van der Waals surface area contributed by atoms with Crippen LogP contribution in [0.3, 0.4) is 0 Å². The molecule has 0 rings (SSSR count). The number of hydrogen-bond acceptors (Lipinski definition) is 1. The van der Waals surface area contributed by atoms with E-state index in [0.29, 0.717) is 0 Å². The predicted molar refractivity (Wildman–Crippen MR) is 70.7 cm³/mol. The maximum atomic E-state index is 6.16. The zero-order valence-corrected chi connectivity index (χ0v) is 12.9. The molecular formula is C11H23BrOSi. The Morgan fingerprint density at radius 2 is 1.86 bits per heavy atom. The van der Waals surface area contributed by atoms with Crippen molar-refractivity contribution in [2.75, 3.05) is 5.33 Å². The molecule has 0 aliphatic carbocycles. The van der Waals surface area contributed by atoms with Crippen LogP contribution in [-0.2, 0) is 4.43 Å². The van der Waals surface area contributed by atoms with Gasteiger partial charge in [0.1, 0.15) is 0 Å². The second-order valence-corrected chi connectivity index (χ2v) is 10.6. The number of halogens is 1. The van der Waals surface area contributed by atoms with E-state index in [1.807, 2.05) is 0 Å². The zero-order valence-electron chi connectivity index (χ0n) is 10.3. The SMILES string of the molecule is C=C(CBr)C(C)O[Si](C)(C)C(C)(C)C. The van der Waals surface area contributed by atoms with Crippen LogP contribution >= 0.6 is 15.9 Å². The molecule has 0 saturated heterocycles. The Hall–Kier alpha value is 0.397. The molecule has 0 aliphatic heterocycles. The maximum absolute atomic E-state index is 6.16. The molecule has 0 radical (unpaired) electrons. The standard InChI is InChI=1S/C11H23BrOSi/c1-9(8-12)10(2)13-14(6,7)11(3,4)5/h10H,1,8H2,2-7H3. The molecule has 1 nitrogen and oxygen atoms in total. The van der Waals surface area contributed by atoms with E-state index in [9.17, 15) is 0 Å². The molecule has 0 fully saturated rings. The lowest BCUT2D eigenvalue weighted by molar-refractivity contribution is 0.233. The van der Waals surface area contributed by atoms with Crippen molar-refractivity contribution in [3.63, 3.8) is 0 Å². The summed E-state index contributed by atoms with van der Waals surface area (Å²) in [5, 5.41) is 1.09. The Bertz CT molecular complexity index is 206. The highest BCUT2D eigenvalue weighted by atomic mass is 79.9. The Kier molecular flexibility index (Phi) is 5.09. The number of rotatable bonds is 4. The highest BCUT2D eigenvalue weighted by Crippen LogP contribution is 2.37. The largest absolute Gasteiger partial charge is 0.411 e. The summed E-state index contributed by atoms with van der Waals surface area (Å²) < 4.78 is 6.16. The van der Waals surface area contributed by atoms with Crippen molar-refractivity contribution in [3.05, 3.63) is 12.2 Å². The van der Waals surface area contributed by atoms with Crippen molar-refractivity contribution >= 4 is 24.2 Å². The van der Waals surface area contributed by atoms with E-state index in [1.165, 1.54) is 0 Å². The molecule has 0 aromatic heterocycles. The van der Waals surface area contributed by atoms with E-state index in [4.69, 9.17) is 4.43 Å². The normalized spacial score (nSPS) is 15.4. The Morgan fingerprint density at radius 3 is 2.14 bits per heavy atom. The van der Waals surface area contributed by atoms with E-state index < -0.39 is 8.32 Å². The summed E-state index contributed by atoms with van der Waals surface area (Å²) >= 11 is 3.41. The molecule has 84 valence electrons. The van der Waals surface area contributed by atoms with Crippen molar-refractivity contribution < 1.29 is 4.43 Å². The molecule has 14 heavy (non-hydrogen) atoms. The topological polar surface area (TPSA) is 9.23 Å².